The average molecular weight is 344 g/mol. The minimum atomic E-state index is -0.0914. The lowest BCUT2D eigenvalue weighted by molar-refractivity contribution is -0.115. The van der Waals surface area contributed by atoms with Crippen LogP contribution in [0.5, 0.6) is 17.2 Å². The molecule has 25 heavy (non-hydrogen) atoms. The molecule has 134 valence electrons. The van der Waals surface area contributed by atoms with Crippen molar-refractivity contribution in [3.05, 3.63) is 42.0 Å². The topological polar surface area (TPSA) is 68.8 Å². The van der Waals surface area contributed by atoms with Crippen LogP contribution in [0.3, 0.4) is 0 Å². The molecule has 0 aliphatic rings. The van der Waals surface area contributed by atoms with E-state index in [9.17, 15) is 4.79 Å². The van der Waals surface area contributed by atoms with Crippen molar-refractivity contribution in [3.63, 3.8) is 0 Å². The Balaban J connectivity index is 1.90. The molecule has 0 unspecified atom stereocenters. The van der Waals surface area contributed by atoms with Gasteiger partial charge >= 0.3 is 0 Å². The summed E-state index contributed by atoms with van der Waals surface area (Å²) < 4.78 is 15.7. The van der Waals surface area contributed by atoms with E-state index in [2.05, 4.69) is 10.6 Å². The number of amides is 1. The molecule has 0 saturated carbocycles. The maximum atomic E-state index is 12.1. The number of hydrogen-bond donors (Lipinski definition) is 2. The first-order valence-corrected chi connectivity index (χ1v) is 7.97. The van der Waals surface area contributed by atoms with Crippen LogP contribution in [0.4, 0.5) is 11.4 Å². The number of methoxy groups -OCH3 is 3. The van der Waals surface area contributed by atoms with Gasteiger partial charge < -0.3 is 24.8 Å². The summed E-state index contributed by atoms with van der Waals surface area (Å²) >= 11 is 0. The molecule has 0 fully saturated rings. The number of benzene rings is 2. The van der Waals surface area contributed by atoms with Crippen molar-refractivity contribution in [2.24, 2.45) is 0 Å². The Kier molecular flexibility index (Phi) is 6.51. The van der Waals surface area contributed by atoms with Crippen molar-refractivity contribution in [1.29, 1.82) is 0 Å². The van der Waals surface area contributed by atoms with E-state index in [0.717, 1.165) is 17.0 Å². The predicted octanol–water partition coefficient (Wildman–Crippen LogP) is 3.46. The summed E-state index contributed by atoms with van der Waals surface area (Å²) in [7, 11) is 4.75. The highest BCUT2D eigenvalue weighted by Gasteiger charge is 2.08. The van der Waals surface area contributed by atoms with Crippen LogP contribution in [0.15, 0.2) is 36.4 Å². The Hall–Kier alpha value is -2.89. The molecule has 2 aromatic rings. The standard InChI is InChI=1S/C19H24N2O4/c1-13-5-7-16(23-2)15(11-13)20-10-9-19(22)21-14-6-8-17(24-3)18(12-14)25-4/h5-8,11-12,20H,9-10H2,1-4H3,(H,21,22). The molecule has 0 aromatic heterocycles. The molecule has 0 aliphatic heterocycles. The maximum Gasteiger partial charge on any atom is 0.226 e. The van der Waals surface area contributed by atoms with E-state index >= 15 is 0 Å². The zero-order chi connectivity index (χ0) is 18.2. The lowest BCUT2D eigenvalue weighted by Crippen LogP contribution is -2.16. The molecule has 6 nitrogen and oxygen atoms in total. The van der Waals surface area contributed by atoms with Gasteiger partial charge in [0.05, 0.1) is 27.0 Å². The monoisotopic (exact) mass is 344 g/mol. The molecule has 2 rings (SSSR count). The Bertz CT molecular complexity index is 731. The highest BCUT2D eigenvalue weighted by atomic mass is 16.5. The van der Waals surface area contributed by atoms with E-state index < -0.39 is 0 Å². The van der Waals surface area contributed by atoms with Crippen LogP contribution in [0, 0.1) is 6.92 Å². The maximum absolute atomic E-state index is 12.1. The lowest BCUT2D eigenvalue weighted by atomic mass is 10.2. The fourth-order valence-electron chi connectivity index (χ4n) is 2.41. The van der Waals surface area contributed by atoms with E-state index in [1.165, 1.54) is 0 Å². The fourth-order valence-corrected chi connectivity index (χ4v) is 2.41. The minimum Gasteiger partial charge on any atom is -0.495 e. The summed E-state index contributed by atoms with van der Waals surface area (Å²) in [6.45, 7) is 2.51. The van der Waals surface area contributed by atoms with Gasteiger partial charge in [0.25, 0.3) is 0 Å². The largest absolute Gasteiger partial charge is 0.495 e. The van der Waals surface area contributed by atoms with Crippen LogP contribution < -0.4 is 24.8 Å². The number of hydrogen-bond acceptors (Lipinski definition) is 5. The summed E-state index contributed by atoms with van der Waals surface area (Å²) in [5.74, 6) is 1.86. The molecule has 6 heteroatoms. The SMILES string of the molecule is COc1ccc(C)cc1NCCC(=O)Nc1ccc(OC)c(OC)c1. The van der Waals surface area contributed by atoms with Crippen molar-refractivity contribution >= 4 is 17.3 Å². The number of aryl methyl sites for hydroxylation is 1. The number of carbonyl (C=O) groups is 1. The summed E-state index contributed by atoms with van der Waals surface area (Å²) in [6.07, 6.45) is 0.325. The molecule has 0 atom stereocenters. The quantitative estimate of drug-likeness (QED) is 0.767. The molecule has 0 radical (unpaired) electrons. The van der Waals surface area contributed by atoms with Crippen LogP contribution >= 0.6 is 0 Å². The summed E-state index contributed by atoms with van der Waals surface area (Å²) in [5, 5.41) is 6.08. The number of rotatable bonds is 8. The van der Waals surface area contributed by atoms with Gasteiger partial charge in [0.2, 0.25) is 5.91 Å². The summed E-state index contributed by atoms with van der Waals surface area (Å²) in [4.78, 5) is 12.1. The van der Waals surface area contributed by atoms with Gasteiger partial charge in [0, 0.05) is 24.7 Å². The third-order valence-electron chi connectivity index (χ3n) is 3.69. The Morgan fingerprint density at radius 3 is 2.28 bits per heavy atom. The van der Waals surface area contributed by atoms with Crippen LogP contribution in [0.1, 0.15) is 12.0 Å². The smallest absolute Gasteiger partial charge is 0.226 e. The Labute approximate surface area is 148 Å². The first-order valence-electron chi connectivity index (χ1n) is 7.97. The van der Waals surface area contributed by atoms with Crippen molar-refractivity contribution in [3.8, 4) is 17.2 Å². The van der Waals surface area contributed by atoms with Gasteiger partial charge in [-0.2, -0.15) is 0 Å². The number of ether oxygens (including phenoxy) is 3. The molecule has 1 amide bonds. The van der Waals surface area contributed by atoms with Crippen LogP contribution in [0.2, 0.25) is 0 Å². The average Bonchev–Trinajstić information content (AvgIpc) is 2.61. The van der Waals surface area contributed by atoms with E-state index in [4.69, 9.17) is 14.2 Å². The van der Waals surface area contributed by atoms with Crippen molar-refractivity contribution in [1.82, 2.24) is 0 Å². The second kappa shape index (κ2) is 8.82. The fraction of sp³-hybridized carbons (Fsp3) is 0.316. The number of carbonyl (C=O) groups excluding carboxylic acids is 1. The predicted molar refractivity (Wildman–Crippen MR) is 99.0 cm³/mol. The van der Waals surface area contributed by atoms with Crippen LogP contribution in [0.25, 0.3) is 0 Å². The highest BCUT2D eigenvalue weighted by Crippen LogP contribution is 2.29. The van der Waals surface area contributed by atoms with Crippen molar-refractivity contribution in [2.45, 2.75) is 13.3 Å². The number of nitrogens with one attached hydrogen (secondary N) is 2. The molecule has 2 N–H and O–H groups in total. The first-order chi connectivity index (χ1) is 12.1. The molecule has 2 aromatic carbocycles. The van der Waals surface area contributed by atoms with Crippen LogP contribution in [-0.2, 0) is 4.79 Å². The first kappa shape index (κ1) is 18.4. The van der Waals surface area contributed by atoms with Crippen molar-refractivity contribution in [2.75, 3.05) is 38.5 Å². The normalized spacial score (nSPS) is 10.1. The Morgan fingerprint density at radius 2 is 1.60 bits per heavy atom. The van der Waals surface area contributed by atoms with Crippen molar-refractivity contribution < 1.29 is 19.0 Å². The summed E-state index contributed by atoms with van der Waals surface area (Å²) in [5.41, 5.74) is 2.66. The third kappa shape index (κ3) is 5.04. The molecular weight excluding hydrogens is 320 g/mol. The van der Waals surface area contributed by atoms with E-state index in [-0.39, 0.29) is 5.91 Å². The minimum absolute atomic E-state index is 0.0914. The van der Waals surface area contributed by atoms with Gasteiger partial charge in [0.1, 0.15) is 5.75 Å². The third-order valence-corrected chi connectivity index (χ3v) is 3.69. The van der Waals surface area contributed by atoms with E-state index in [1.54, 1.807) is 39.5 Å². The van der Waals surface area contributed by atoms with Crippen LogP contribution in [-0.4, -0.2) is 33.8 Å². The lowest BCUT2D eigenvalue weighted by Gasteiger charge is -2.13. The zero-order valence-electron chi connectivity index (χ0n) is 15.0. The second-order valence-electron chi connectivity index (χ2n) is 5.50. The molecule has 0 spiro atoms. The molecular formula is C19H24N2O4. The van der Waals surface area contributed by atoms with Gasteiger partial charge in [-0.3, -0.25) is 4.79 Å². The molecule has 0 saturated heterocycles. The van der Waals surface area contributed by atoms with Gasteiger partial charge in [-0.15, -0.1) is 0 Å². The zero-order valence-corrected chi connectivity index (χ0v) is 15.0. The molecule has 0 aliphatic carbocycles. The summed E-state index contributed by atoms with van der Waals surface area (Å²) in [6, 6.07) is 11.1. The number of anilines is 2. The van der Waals surface area contributed by atoms with E-state index in [0.29, 0.717) is 30.2 Å². The van der Waals surface area contributed by atoms with E-state index in [1.807, 2.05) is 25.1 Å². The Morgan fingerprint density at radius 1 is 0.920 bits per heavy atom. The molecule has 0 bridgehead atoms. The van der Waals surface area contributed by atoms with Gasteiger partial charge in [-0.05, 0) is 36.8 Å². The van der Waals surface area contributed by atoms with Gasteiger partial charge in [-0.1, -0.05) is 6.07 Å². The van der Waals surface area contributed by atoms with Gasteiger partial charge in [-0.25, -0.2) is 0 Å². The van der Waals surface area contributed by atoms with Gasteiger partial charge in [0.15, 0.2) is 11.5 Å². The highest BCUT2D eigenvalue weighted by molar-refractivity contribution is 5.91. The molecule has 0 heterocycles. The second-order valence-corrected chi connectivity index (χ2v) is 5.50.